The Morgan fingerprint density at radius 2 is 1.81 bits per heavy atom. The number of unbranched alkanes of at least 4 members (excludes halogenated alkanes) is 4. The minimum atomic E-state index is -0.635. The number of aromatic nitrogens is 1. The zero-order valence-electron chi connectivity index (χ0n) is 18.8. The Bertz CT molecular complexity index is 1140. The molecule has 31 heavy (non-hydrogen) atoms. The van der Waals surface area contributed by atoms with Crippen molar-refractivity contribution in [2.24, 2.45) is 4.99 Å². The minimum absolute atomic E-state index is 0.238. The molecule has 2 aromatic carbocycles. The van der Waals surface area contributed by atoms with E-state index in [1.54, 1.807) is 0 Å². The second-order valence-corrected chi connectivity index (χ2v) is 9.27. The first-order chi connectivity index (χ1) is 15.1. The molecule has 1 atom stereocenters. The van der Waals surface area contributed by atoms with Crippen LogP contribution in [0.1, 0.15) is 58.4 Å². The lowest BCUT2D eigenvalue weighted by atomic mass is 9.77. The number of anilines is 1. The van der Waals surface area contributed by atoms with Crippen LogP contribution in [-0.4, -0.2) is 23.5 Å². The average molecular weight is 414 g/mol. The lowest BCUT2D eigenvalue weighted by molar-refractivity contribution is 0.0774. The Morgan fingerprint density at radius 3 is 2.68 bits per heavy atom. The van der Waals surface area contributed by atoms with Crippen molar-refractivity contribution >= 4 is 28.4 Å². The highest BCUT2D eigenvalue weighted by Gasteiger charge is 2.59. The Labute approximate surface area is 185 Å². The van der Waals surface area contributed by atoms with Crippen LogP contribution in [0.3, 0.4) is 0 Å². The number of pyridine rings is 1. The van der Waals surface area contributed by atoms with Crippen LogP contribution >= 0.6 is 0 Å². The highest BCUT2D eigenvalue weighted by Crippen LogP contribution is 2.54. The van der Waals surface area contributed by atoms with E-state index in [1.165, 1.54) is 36.9 Å². The molecule has 0 radical (unpaired) electrons. The number of fused-ring (bicyclic) bond motifs is 4. The van der Waals surface area contributed by atoms with Crippen molar-refractivity contribution in [2.45, 2.75) is 64.0 Å². The number of aliphatic imine (C=N–C) groups is 1. The largest absolute Gasteiger partial charge is 0.459 e. The van der Waals surface area contributed by atoms with Gasteiger partial charge in [-0.05, 0) is 49.4 Å². The highest BCUT2D eigenvalue weighted by atomic mass is 16.5. The van der Waals surface area contributed by atoms with Gasteiger partial charge in [-0.2, -0.15) is 0 Å². The normalized spacial score (nSPS) is 20.7. The number of hydrogen-bond donors (Lipinski definition) is 0. The van der Waals surface area contributed by atoms with Gasteiger partial charge in [0.05, 0.1) is 11.6 Å². The molecule has 0 N–H and O–H groups in total. The van der Waals surface area contributed by atoms with Crippen molar-refractivity contribution in [2.75, 3.05) is 11.4 Å². The molecule has 1 aromatic heterocycles. The van der Waals surface area contributed by atoms with Gasteiger partial charge in [0.2, 0.25) is 5.72 Å². The third-order valence-corrected chi connectivity index (χ3v) is 7.04. The Hall–Kier alpha value is -2.88. The van der Waals surface area contributed by atoms with Gasteiger partial charge in [0.1, 0.15) is 11.4 Å². The summed E-state index contributed by atoms with van der Waals surface area (Å²) in [6.45, 7) is 7.78. The van der Waals surface area contributed by atoms with Crippen molar-refractivity contribution in [3.8, 4) is 5.75 Å². The van der Waals surface area contributed by atoms with Crippen LogP contribution < -0.4 is 9.64 Å². The summed E-state index contributed by atoms with van der Waals surface area (Å²) in [4.78, 5) is 11.8. The van der Waals surface area contributed by atoms with Crippen LogP contribution in [0.5, 0.6) is 5.75 Å². The molecule has 160 valence electrons. The first kappa shape index (κ1) is 20.0. The smallest absolute Gasteiger partial charge is 0.228 e. The molecule has 0 saturated heterocycles. The van der Waals surface area contributed by atoms with E-state index in [9.17, 15) is 0 Å². The molecule has 0 fully saturated rings. The van der Waals surface area contributed by atoms with E-state index in [0.29, 0.717) is 0 Å². The minimum Gasteiger partial charge on any atom is -0.459 e. The molecule has 5 rings (SSSR count). The van der Waals surface area contributed by atoms with Gasteiger partial charge in [-0.1, -0.05) is 56.9 Å². The Kier molecular flexibility index (Phi) is 4.96. The topological polar surface area (TPSA) is 37.7 Å². The van der Waals surface area contributed by atoms with Gasteiger partial charge in [-0.3, -0.25) is 9.98 Å². The van der Waals surface area contributed by atoms with Crippen LogP contribution in [0.15, 0.2) is 59.9 Å². The summed E-state index contributed by atoms with van der Waals surface area (Å²) in [7, 11) is 0. The van der Waals surface area contributed by atoms with Crippen LogP contribution in [0.25, 0.3) is 10.8 Å². The molecule has 2 aliphatic heterocycles. The molecule has 0 amide bonds. The molecular formula is C27H31N3O. The Balaban J connectivity index is 1.56. The summed E-state index contributed by atoms with van der Waals surface area (Å²) in [5.41, 5.74) is 2.59. The average Bonchev–Trinajstić information content (AvgIpc) is 2.97. The van der Waals surface area contributed by atoms with Crippen LogP contribution in [0, 0.1) is 0 Å². The molecule has 4 nitrogen and oxygen atoms in total. The molecular weight excluding hydrogens is 382 g/mol. The van der Waals surface area contributed by atoms with Crippen LogP contribution in [-0.2, 0) is 5.41 Å². The zero-order valence-corrected chi connectivity index (χ0v) is 18.8. The second-order valence-electron chi connectivity index (χ2n) is 9.27. The lowest BCUT2D eigenvalue weighted by Gasteiger charge is -2.46. The molecule has 4 heteroatoms. The van der Waals surface area contributed by atoms with E-state index < -0.39 is 5.72 Å². The first-order valence-electron chi connectivity index (χ1n) is 11.6. The van der Waals surface area contributed by atoms with E-state index in [4.69, 9.17) is 9.73 Å². The molecule has 1 unspecified atom stereocenters. The van der Waals surface area contributed by atoms with Gasteiger partial charge in [0, 0.05) is 30.0 Å². The molecule has 3 aromatic rings. The summed E-state index contributed by atoms with van der Waals surface area (Å²) in [5.74, 6) is 0.833. The van der Waals surface area contributed by atoms with E-state index in [1.807, 2.05) is 24.7 Å². The van der Waals surface area contributed by atoms with E-state index in [-0.39, 0.29) is 5.41 Å². The fraction of sp³-hybridized carbons (Fsp3) is 0.407. The van der Waals surface area contributed by atoms with Crippen LogP contribution in [0.4, 0.5) is 11.4 Å². The standard InChI is InChI=1S/C27H31N3O/c1-4-5-6-7-10-17-30-23-12-9-8-11-22(23)26(2,3)27(30)19-29-25-21-18-28-16-15-20(21)13-14-24(25)31-27/h8-9,11-16,18-19H,4-7,10,17H2,1-3H3. The van der Waals surface area contributed by atoms with Gasteiger partial charge in [0.15, 0.2) is 0 Å². The number of para-hydroxylation sites is 1. The third-order valence-electron chi connectivity index (χ3n) is 7.04. The lowest BCUT2D eigenvalue weighted by Crippen LogP contribution is -2.62. The maximum absolute atomic E-state index is 6.93. The maximum atomic E-state index is 6.93. The first-order valence-corrected chi connectivity index (χ1v) is 11.6. The van der Waals surface area contributed by atoms with Crippen LogP contribution in [0.2, 0.25) is 0 Å². The molecule has 1 spiro atoms. The summed E-state index contributed by atoms with van der Waals surface area (Å²) in [6, 6.07) is 14.9. The number of ether oxygens (including phenoxy) is 1. The van der Waals surface area contributed by atoms with Gasteiger partial charge in [-0.15, -0.1) is 0 Å². The fourth-order valence-electron chi connectivity index (χ4n) is 5.21. The number of benzene rings is 2. The predicted octanol–water partition coefficient (Wildman–Crippen LogP) is 6.79. The highest BCUT2D eigenvalue weighted by molar-refractivity contribution is 5.99. The Morgan fingerprint density at radius 1 is 0.968 bits per heavy atom. The van der Waals surface area contributed by atoms with Crippen molar-refractivity contribution in [1.82, 2.24) is 4.98 Å². The second kappa shape index (κ2) is 7.67. The van der Waals surface area contributed by atoms with Crippen molar-refractivity contribution in [1.29, 1.82) is 0 Å². The van der Waals surface area contributed by atoms with Crippen molar-refractivity contribution in [3.63, 3.8) is 0 Å². The summed E-state index contributed by atoms with van der Waals surface area (Å²) in [6.07, 6.45) is 12.0. The number of nitrogens with zero attached hydrogens (tertiary/aromatic N) is 3. The van der Waals surface area contributed by atoms with Gasteiger partial charge in [-0.25, -0.2) is 0 Å². The van der Waals surface area contributed by atoms with Crippen molar-refractivity contribution < 1.29 is 4.74 Å². The maximum Gasteiger partial charge on any atom is 0.228 e. The van der Waals surface area contributed by atoms with Gasteiger partial charge >= 0.3 is 0 Å². The summed E-state index contributed by atoms with van der Waals surface area (Å²) >= 11 is 0. The fourth-order valence-corrected chi connectivity index (χ4v) is 5.21. The quantitative estimate of drug-likeness (QED) is 0.417. The number of rotatable bonds is 6. The van der Waals surface area contributed by atoms with E-state index in [0.717, 1.165) is 35.2 Å². The number of hydrogen-bond acceptors (Lipinski definition) is 4. The third kappa shape index (κ3) is 3.03. The molecule has 0 saturated carbocycles. The SMILES string of the molecule is CCCCCCCN1c2ccccc2C(C)(C)C12C=Nc1c(ccc3ccncc13)O2. The van der Waals surface area contributed by atoms with Gasteiger partial charge < -0.3 is 9.64 Å². The van der Waals surface area contributed by atoms with Crippen molar-refractivity contribution in [3.05, 3.63) is 60.4 Å². The van der Waals surface area contributed by atoms with E-state index >= 15 is 0 Å². The predicted molar refractivity (Wildman–Crippen MR) is 129 cm³/mol. The summed E-state index contributed by atoms with van der Waals surface area (Å²) < 4.78 is 6.93. The van der Waals surface area contributed by atoms with Gasteiger partial charge in [0.25, 0.3) is 0 Å². The molecule has 0 aliphatic carbocycles. The van der Waals surface area contributed by atoms with E-state index in [2.05, 4.69) is 67.1 Å². The monoisotopic (exact) mass is 413 g/mol. The summed E-state index contributed by atoms with van der Waals surface area (Å²) in [5, 5.41) is 2.16. The molecule has 0 bridgehead atoms. The zero-order chi connectivity index (χ0) is 21.5. The molecule has 3 heterocycles. The molecule has 2 aliphatic rings.